The molecule has 2 fully saturated rings. The Kier molecular flexibility index (Phi) is 6.14. The van der Waals surface area contributed by atoms with Crippen LogP contribution in [0.4, 0.5) is 0 Å². The van der Waals surface area contributed by atoms with Gasteiger partial charge < -0.3 is 24.6 Å². The maximum atomic E-state index is 12.4. The number of rotatable bonds is 5. The summed E-state index contributed by atoms with van der Waals surface area (Å²) >= 11 is 0. The van der Waals surface area contributed by atoms with E-state index in [1.165, 1.54) is 36.1 Å². The van der Waals surface area contributed by atoms with Gasteiger partial charge in [0.1, 0.15) is 32.7 Å². The number of hydrogen-bond donors (Lipinski definition) is 3. The van der Waals surface area contributed by atoms with Crippen molar-refractivity contribution in [1.29, 1.82) is 0 Å². The lowest BCUT2D eigenvalue weighted by molar-refractivity contribution is -1.02. The summed E-state index contributed by atoms with van der Waals surface area (Å²) in [4.78, 5) is 15.4. The Morgan fingerprint density at radius 2 is 1.67 bits per heavy atom. The summed E-state index contributed by atoms with van der Waals surface area (Å²) in [5, 5.41) is 3.29. The molecule has 6 heteroatoms. The zero-order valence-corrected chi connectivity index (χ0v) is 16.2. The van der Waals surface area contributed by atoms with Gasteiger partial charge >= 0.3 is 0 Å². The molecule has 0 aromatic heterocycles. The van der Waals surface area contributed by atoms with E-state index in [1.54, 1.807) is 4.90 Å². The van der Waals surface area contributed by atoms with E-state index >= 15 is 0 Å². The summed E-state index contributed by atoms with van der Waals surface area (Å²) in [6.45, 7) is 6.33. The van der Waals surface area contributed by atoms with Crippen molar-refractivity contribution in [2.45, 2.75) is 51.1 Å². The van der Waals surface area contributed by atoms with E-state index in [4.69, 9.17) is 9.47 Å². The van der Waals surface area contributed by atoms with Gasteiger partial charge in [-0.1, -0.05) is 25.7 Å². The molecular formula is C21H33N3O3+2. The Hall–Kier alpha value is -1.79. The lowest BCUT2D eigenvalue weighted by Crippen LogP contribution is -3.28. The first kappa shape index (κ1) is 18.6. The van der Waals surface area contributed by atoms with Crippen molar-refractivity contribution in [3.63, 3.8) is 0 Å². The molecule has 0 radical (unpaired) electrons. The van der Waals surface area contributed by atoms with Crippen LogP contribution in [-0.4, -0.2) is 51.5 Å². The molecular weight excluding hydrogens is 342 g/mol. The molecule has 4 rings (SSSR count). The smallest absolute Gasteiger partial charge is 0.275 e. The third-order valence-electron chi connectivity index (χ3n) is 6.19. The highest BCUT2D eigenvalue weighted by molar-refractivity contribution is 5.77. The van der Waals surface area contributed by atoms with Crippen molar-refractivity contribution >= 4 is 5.91 Å². The van der Waals surface area contributed by atoms with Gasteiger partial charge in [0.2, 0.25) is 6.79 Å². The first-order chi connectivity index (χ1) is 13.3. The topological polar surface area (TPSA) is 56.4 Å². The van der Waals surface area contributed by atoms with Crippen LogP contribution in [0.15, 0.2) is 18.2 Å². The average Bonchev–Trinajstić information content (AvgIpc) is 2.99. The van der Waals surface area contributed by atoms with Gasteiger partial charge in [0.05, 0.1) is 0 Å². The van der Waals surface area contributed by atoms with Gasteiger partial charge in [-0.25, -0.2) is 0 Å². The molecule has 1 aliphatic carbocycles. The number of amides is 1. The molecule has 27 heavy (non-hydrogen) atoms. The van der Waals surface area contributed by atoms with Gasteiger partial charge in [0, 0.05) is 11.6 Å². The fourth-order valence-electron chi connectivity index (χ4n) is 4.58. The number of piperazine rings is 1. The molecule has 1 aromatic rings. The van der Waals surface area contributed by atoms with E-state index in [2.05, 4.69) is 17.4 Å². The van der Waals surface area contributed by atoms with Gasteiger partial charge in [0.25, 0.3) is 5.91 Å². The van der Waals surface area contributed by atoms with Crippen molar-refractivity contribution in [3.05, 3.63) is 23.8 Å². The Morgan fingerprint density at radius 3 is 2.44 bits per heavy atom. The number of ether oxygens (including phenoxy) is 2. The number of carbonyl (C=O) groups is 1. The van der Waals surface area contributed by atoms with Crippen LogP contribution in [0.3, 0.4) is 0 Å². The van der Waals surface area contributed by atoms with Crippen molar-refractivity contribution in [3.8, 4) is 11.5 Å². The summed E-state index contributed by atoms with van der Waals surface area (Å²) < 4.78 is 10.9. The number of carbonyl (C=O) groups excluding carboxylic acids is 1. The van der Waals surface area contributed by atoms with Crippen molar-refractivity contribution in [2.24, 2.45) is 0 Å². The molecule has 1 saturated carbocycles. The van der Waals surface area contributed by atoms with Crippen LogP contribution in [-0.2, 0) is 11.3 Å². The Morgan fingerprint density at radius 1 is 0.963 bits per heavy atom. The highest BCUT2D eigenvalue weighted by atomic mass is 16.7. The molecule has 0 atom stereocenters. The van der Waals surface area contributed by atoms with Crippen LogP contribution in [0.2, 0.25) is 0 Å². The molecule has 2 heterocycles. The molecule has 0 unspecified atom stereocenters. The lowest BCUT2D eigenvalue weighted by atomic mass is 10.1. The molecule has 0 spiro atoms. The number of fused-ring (bicyclic) bond motifs is 1. The second-order valence-corrected chi connectivity index (χ2v) is 8.30. The first-order valence-electron chi connectivity index (χ1n) is 10.6. The molecule has 3 N–H and O–H groups in total. The summed E-state index contributed by atoms with van der Waals surface area (Å²) in [5.74, 6) is 1.96. The zero-order valence-electron chi connectivity index (χ0n) is 16.2. The molecule has 2 aliphatic heterocycles. The molecule has 1 saturated heterocycles. The molecule has 0 bridgehead atoms. The predicted molar refractivity (Wildman–Crippen MR) is 102 cm³/mol. The Labute approximate surface area is 161 Å². The quantitative estimate of drug-likeness (QED) is 0.611. The molecule has 3 aliphatic rings. The minimum absolute atomic E-state index is 0.246. The standard InChI is InChI=1S/C21H31N3O3/c25-21(22-18-5-3-1-2-4-6-18)15-24-11-9-23(10-12-24)14-17-7-8-19-20(13-17)27-16-26-19/h7-8,13,18H,1-6,9-12,14-16H2,(H,22,25)/p+2. The minimum Gasteiger partial charge on any atom is -0.454 e. The number of nitrogens with one attached hydrogen (secondary N) is 3. The third-order valence-corrected chi connectivity index (χ3v) is 6.19. The van der Waals surface area contributed by atoms with E-state index in [0.29, 0.717) is 19.4 Å². The highest BCUT2D eigenvalue weighted by Crippen LogP contribution is 2.32. The summed E-state index contributed by atoms with van der Waals surface area (Å²) in [6, 6.07) is 6.67. The zero-order chi connectivity index (χ0) is 18.5. The van der Waals surface area contributed by atoms with Crippen LogP contribution in [0, 0.1) is 0 Å². The van der Waals surface area contributed by atoms with Gasteiger partial charge in [-0.2, -0.15) is 0 Å². The lowest BCUT2D eigenvalue weighted by Gasteiger charge is -2.29. The summed E-state index contributed by atoms with van der Waals surface area (Å²) in [5.41, 5.74) is 1.30. The van der Waals surface area contributed by atoms with Gasteiger partial charge in [-0.15, -0.1) is 0 Å². The fourth-order valence-corrected chi connectivity index (χ4v) is 4.58. The second-order valence-electron chi connectivity index (χ2n) is 8.30. The van der Waals surface area contributed by atoms with Crippen molar-refractivity contribution in [1.82, 2.24) is 5.32 Å². The van der Waals surface area contributed by atoms with Crippen LogP contribution in [0.5, 0.6) is 11.5 Å². The normalized spacial score (nSPS) is 25.8. The maximum absolute atomic E-state index is 12.4. The molecule has 148 valence electrons. The predicted octanol–water partition coefficient (Wildman–Crippen LogP) is -0.462. The van der Waals surface area contributed by atoms with E-state index in [-0.39, 0.29) is 5.91 Å². The second kappa shape index (κ2) is 8.93. The van der Waals surface area contributed by atoms with Gasteiger partial charge in [-0.05, 0) is 31.0 Å². The van der Waals surface area contributed by atoms with E-state index < -0.39 is 0 Å². The van der Waals surface area contributed by atoms with Crippen molar-refractivity contribution < 1.29 is 24.1 Å². The minimum atomic E-state index is 0.246. The number of hydrogen-bond acceptors (Lipinski definition) is 3. The Bertz CT molecular complexity index is 636. The monoisotopic (exact) mass is 375 g/mol. The van der Waals surface area contributed by atoms with Gasteiger partial charge in [-0.3, -0.25) is 4.79 Å². The molecule has 6 nitrogen and oxygen atoms in total. The van der Waals surface area contributed by atoms with E-state index in [9.17, 15) is 4.79 Å². The number of benzene rings is 1. The highest BCUT2D eigenvalue weighted by Gasteiger charge is 2.26. The molecule has 1 amide bonds. The maximum Gasteiger partial charge on any atom is 0.275 e. The van der Waals surface area contributed by atoms with Gasteiger partial charge in [0.15, 0.2) is 18.0 Å². The number of quaternary nitrogens is 2. The SMILES string of the molecule is O=C(C[NH+]1CC[NH+](Cc2ccc3c(c2)OCO3)CC1)NC1CCCCCC1. The third kappa shape index (κ3) is 5.14. The van der Waals surface area contributed by atoms with Crippen LogP contribution in [0.1, 0.15) is 44.1 Å². The summed E-state index contributed by atoms with van der Waals surface area (Å²) in [7, 11) is 0. The Balaban J connectivity index is 1.19. The van der Waals surface area contributed by atoms with Crippen LogP contribution >= 0.6 is 0 Å². The van der Waals surface area contributed by atoms with Crippen LogP contribution in [0.25, 0.3) is 0 Å². The molecule has 1 aromatic carbocycles. The largest absolute Gasteiger partial charge is 0.454 e. The van der Waals surface area contributed by atoms with Crippen LogP contribution < -0.4 is 24.6 Å². The average molecular weight is 376 g/mol. The fraction of sp³-hybridized carbons (Fsp3) is 0.667. The first-order valence-corrected chi connectivity index (χ1v) is 10.6. The van der Waals surface area contributed by atoms with E-state index in [1.807, 2.05) is 6.07 Å². The summed E-state index contributed by atoms with van der Waals surface area (Å²) in [6.07, 6.45) is 7.50. The van der Waals surface area contributed by atoms with Crippen molar-refractivity contribution in [2.75, 3.05) is 39.5 Å². The van der Waals surface area contributed by atoms with E-state index in [0.717, 1.165) is 57.1 Å².